The molecule has 5 heteroatoms. The second-order valence-corrected chi connectivity index (χ2v) is 5.01. The number of halogens is 1. The average molecular weight is 265 g/mol. The zero-order valence-electron chi connectivity index (χ0n) is 10.6. The van der Waals surface area contributed by atoms with Gasteiger partial charge < -0.3 is 5.32 Å². The van der Waals surface area contributed by atoms with Gasteiger partial charge in [-0.1, -0.05) is 42.8 Å². The lowest BCUT2D eigenvalue weighted by atomic mass is 10.2. The molecule has 0 aliphatic carbocycles. The van der Waals surface area contributed by atoms with Crippen LogP contribution in [0.2, 0.25) is 5.02 Å². The molecule has 0 fully saturated rings. The Balaban J connectivity index is 1.98. The van der Waals surface area contributed by atoms with E-state index in [-0.39, 0.29) is 0 Å². The van der Waals surface area contributed by atoms with Crippen molar-refractivity contribution < 1.29 is 0 Å². The van der Waals surface area contributed by atoms with E-state index in [2.05, 4.69) is 29.5 Å². The maximum Gasteiger partial charge on any atom is 0.0965 e. The molecule has 0 saturated carbocycles. The van der Waals surface area contributed by atoms with E-state index in [9.17, 15) is 0 Å². The smallest absolute Gasteiger partial charge is 0.0965 e. The van der Waals surface area contributed by atoms with E-state index in [1.165, 1.54) is 0 Å². The van der Waals surface area contributed by atoms with Crippen LogP contribution in [0, 0.1) is 0 Å². The Bertz CT molecular complexity index is 507. The van der Waals surface area contributed by atoms with Gasteiger partial charge in [-0.15, -0.1) is 5.10 Å². The Morgan fingerprint density at radius 2 is 2.22 bits per heavy atom. The number of nitrogens with zero attached hydrogens (tertiary/aromatic N) is 3. The van der Waals surface area contributed by atoms with Crippen LogP contribution in [0.15, 0.2) is 30.5 Å². The van der Waals surface area contributed by atoms with Crippen molar-refractivity contribution in [2.45, 2.75) is 33.0 Å². The zero-order chi connectivity index (χ0) is 13.0. The van der Waals surface area contributed by atoms with Gasteiger partial charge in [-0.2, -0.15) is 0 Å². The summed E-state index contributed by atoms with van der Waals surface area (Å²) in [4.78, 5) is 0. The molecular formula is C13H17ClN4. The SMILES string of the molecule is CC(C)NCc1cn(Cc2cccc(Cl)c2)nn1. The van der Waals surface area contributed by atoms with Crippen LogP contribution >= 0.6 is 11.6 Å². The van der Waals surface area contributed by atoms with Gasteiger partial charge in [0, 0.05) is 17.6 Å². The molecule has 0 unspecified atom stereocenters. The van der Waals surface area contributed by atoms with Crippen LogP contribution in [-0.4, -0.2) is 21.0 Å². The van der Waals surface area contributed by atoms with Crippen LogP contribution in [0.25, 0.3) is 0 Å². The summed E-state index contributed by atoms with van der Waals surface area (Å²) in [5, 5.41) is 12.3. The second-order valence-electron chi connectivity index (χ2n) is 4.57. The third-order valence-electron chi connectivity index (χ3n) is 2.51. The second kappa shape index (κ2) is 5.98. The predicted molar refractivity (Wildman–Crippen MR) is 72.6 cm³/mol. The minimum atomic E-state index is 0.447. The first-order valence-corrected chi connectivity index (χ1v) is 6.38. The van der Waals surface area contributed by atoms with Gasteiger partial charge in [0.25, 0.3) is 0 Å². The molecule has 0 aliphatic heterocycles. The van der Waals surface area contributed by atoms with Crippen molar-refractivity contribution >= 4 is 11.6 Å². The Hall–Kier alpha value is -1.39. The summed E-state index contributed by atoms with van der Waals surface area (Å²) in [6.07, 6.45) is 1.95. The maximum atomic E-state index is 5.95. The number of aromatic nitrogens is 3. The molecule has 0 bridgehead atoms. The minimum absolute atomic E-state index is 0.447. The van der Waals surface area contributed by atoms with Crippen LogP contribution in [0.3, 0.4) is 0 Å². The fourth-order valence-corrected chi connectivity index (χ4v) is 1.84. The van der Waals surface area contributed by atoms with Crippen molar-refractivity contribution in [2.75, 3.05) is 0 Å². The minimum Gasteiger partial charge on any atom is -0.309 e. The zero-order valence-corrected chi connectivity index (χ0v) is 11.4. The first-order chi connectivity index (χ1) is 8.63. The summed E-state index contributed by atoms with van der Waals surface area (Å²) in [6.45, 7) is 5.65. The third kappa shape index (κ3) is 3.82. The van der Waals surface area contributed by atoms with Crippen LogP contribution in [0.1, 0.15) is 25.1 Å². The van der Waals surface area contributed by atoms with Crippen molar-refractivity contribution in [3.8, 4) is 0 Å². The highest BCUT2D eigenvalue weighted by Gasteiger charge is 2.02. The third-order valence-corrected chi connectivity index (χ3v) is 2.75. The lowest BCUT2D eigenvalue weighted by molar-refractivity contribution is 0.580. The molecule has 1 aromatic carbocycles. The Kier molecular flexibility index (Phi) is 4.33. The van der Waals surface area contributed by atoms with Crippen LogP contribution < -0.4 is 5.32 Å². The van der Waals surface area contributed by atoms with Crippen LogP contribution in [0.4, 0.5) is 0 Å². The highest BCUT2D eigenvalue weighted by Crippen LogP contribution is 2.11. The molecule has 0 radical (unpaired) electrons. The van der Waals surface area contributed by atoms with Crippen LogP contribution in [-0.2, 0) is 13.1 Å². The molecule has 4 nitrogen and oxygen atoms in total. The van der Waals surface area contributed by atoms with E-state index in [1.54, 1.807) is 0 Å². The average Bonchev–Trinajstić information content (AvgIpc) is 2.74. The van der Waals surface area contributed by atoms with Gasteiger partial charge in [0.1, 0.15) is 0 Å². The fourth-order valence-electron chi connectivity index (χ4n) is 1.63. The first kappa shape index (κ1) is 13.1. The summed E-state index contributed by atoms with van der Waals surface area (Å²) >= 11 is 5.95. The molecule has 0 aliphatic rings. The van der Waals surface area contributed by atoms with Gasteiger partial charge >= 0.3 is 0 Å². The van der Waals surface area contributed by atoms with Gasteiger partial charge in [-0.25, -0.2) is 4.68 Å². The lowest BCUT2D eigenvalue weighted by Gasteiger charge is -2.04. The van der Waals surface area contributed by atoms with Crippen molar-refractivity contribution in [3.63, 3.8) is 0 Å². The standard InChI is InChI=1S/C13H17ClN4/c1-10(2)15-7-13-9-18(17-16-13)8-11-4-3-5-12(14)6-11/h3-6,9-10,15H,7-8H2,1-2H3. The number of hydrogen-bond acceptors (Lipinski definition) is 3. The molecule has 0 amide bonds. The quantitative estimate of drug-likeness (QED) is 0.902. The molecule has 2 rings (SSSR count). The summed E-state index contributed by atoms with van der Waals surface area (Å²) in [5.74, 6) is 0. The molecule has 18 heavy (non-hydrogen) atoms. The summed E-state index contributed by atoms with van der Waals surface area (Å²) in [5.41, 5.74) is 2.07. The lowest BCUT2D eigenvalue weighted by Crippen LogP contribution is -2.21. The summed E-state index contributed by atoms with van der Waals surface area (Å²) < 4.78 is 1.82. The highest BCUT2D eigenvalue weighted by atomic mass is 35.5. The van der Waals surface area contributed by atoms with E-state index in [4.69, 9.17) is 11.6 Å². The Morgan fingerprint density at radius 3 is 2.94 bits per heavy atom. The van der Waals surface area contributed by atoms with Crippen LogP contribution in [0.5, 0.6) is 0 Å². The fraction of sp³-hybridized carbons (Fsp3) is 0.385. The molecule has 0 saturated heterocycles. The number of benzene rings is 1. The van der Waals surface area contributed by atoms with Crippen molar-refractivity contribution in [1.82, 2.24) is 20.3 Å². The topological polar surface area (TPSA) is 42.7 Å². The van der Waals surface area contributed by atoms with E-state index >= 15 is 0 Å². The molecule has 1 aromatic heterocycles. The van der Waals surface area contributed by atoms with Crippen molar-refractivity contribution in [1.29, 1.82) is 0 Å². The first-order valence-electron chi connectivity index (χ1n) is 6.00. The van der Waals surface area contributed by atoms with Crippen molar-refractivity contribution in [3.05, 3.63) is 46.7 Å². The molecular weight excluding hydrogens is 248 g/mol. The predicted octanol–water partition coefficient (Wildman–Crippen LogP) is 2.48. The van der Waals surface area contributed by atoms with Gasteiger partial charge in [0.2, 0.25) is 0 Å². The molecule has 96 valence electrons. The maximum absolute atomic E-state index is 5.95. The van der Waals surface area contributed by atoms with Gasteiger partial charge in [0.05, 0.1) is 18.4 Å². The van der Waals surface area contributed by atoms with E-state index in [0.29, 0.717) is 12.6 Å². The molecule has 0 spiro atoms. The van der Waals surface area contributed by atoms with Crippen molar-refractivity contribution in [2.24, 2.45) is 0 Å². The van der Waals surface area contributed by atoms with E-state index in [1.807, 2.05) is 35.1 Å². The van der Waals surface area contributed by atoms with E-state index in [0.717, 1.165) is 22.8 Å². The van der Waals surface area contributed by atoms with Gasteiger partial charge in [-0.05, 0) is 17.7 Å². The molecule has 1 N–H and O–H groups in total. The Labute approximate surface area is 112 Å². The Morgan fingerprint density at radius 1 is 1.39 bits per heavy atom. The largest absolute Gasteiger partial charge is 0.309 e. The van der Waals surface area contributed by atoms with Gasteiger partial charge in [-0.3, -0.25) is 0 Å². The molecule has 0 atom stereocenters. The number of rotatable bonds is 5. The van der Waals surface area contributed by atoms with E-state index < -0.39 is 0 Å². The summed E-state index contributed by atoms with van der Waals surface area (Å²) in [7, 11) is 0. The number of nitrogens with one attached hydrogen (secondary N) is 1. The monoisotopic (exact) mass is 264 g/mol. The van der Waals surface area contributed by atoms with Gasteiger partial charge in [0.15, 0.2) is 0 Å². The molecule has 1 heterocycles. The number of hydrogen-bond donors (Lipinski definition) is 1. The summed E-state index contributed by atoms with van der Waals surface area (Å²) in [6, 6.07) is 8.22. The molecule has 2 aromatic rings. The highest BCUT2D eigenvalue weighted by molar-refractivity contribution is 6.30. The normalized spacial score (nSPS) is 11.1.